The SMILES string of the molecule is CCNC(c1ccc(C)c(F)c1F)C1CN(CC)CCO1. The minimum absolute atomic E-state index is 0.171. The maximum absolute atomic E-state index is 14.3. The molecule has 2 unspecified atom stereocenters. The average Bonchev–Trinajstić information content (AvgIpc) is 2.51. The molecule has 2 rings (SSSR count). The lowest BCUT2D eigenvalue weighted by molar-refractivity contribution is -0.0459. The number of hydrogen-bond donors (Lipinski definition) is 1. The zero-order chi connectivity index (χ0) is 15.4. The van der Waals surface area contributed by atoms with Gasteiger partial charge in [0.1, 0.15) is 0 Å². The van der Waals surface area contributed by atoms with Crippen molar-refractivity contribution in [3.8, 4) is 0 Å². The number of ether oxygens (including phenoxy) is 1. The molecule has 5 heteroatoms. The number of benzene rings is 1. The van der Waals surface area contributed by atoms with Crippen molar-refractivity contribution in [1.29, 1.82) is 0 Å². The Labute approximate surface area is 125 Å². The highest BCUT2D eigenvalue weighted by atomic mass is 19.2. The summed E-state index contributed by atoms with van der Waals surface area (Å²) in [4.78, 5) is 2.26. The number of likely N-dealkylation sites (N-methyl/N-ethyl adjacent to an activating group) is 2. The molecule has 1 aromatic carbocycles. The van der Waals surface area contributed by atoms with Crippen molar-refractivity contribution in [2.75, 3.05) is 32.8 Å². The fourth-order valence-corrected chi connectivity index (χ4v) is 2.78. The zero-order valence-corrected chi connectivity index (χ0v) is 13.0. The molecule has 1 N–H and O–H groups in total. The van der Waals surface area contributed by atoms with Crippen molar-refractivity contribution >= 4 is 0 Å². The summed E-state index contributed by atoms with van der Waals surface area (Å²) in [6, 6.07) is 2.95. The fourth-order valence-electron chi connectivity index (χ4n) is 2.78. The molecule has 0 aromatic heterocycles. The van der Waals surface area contributed by atoms with Crippen LogP contribution in [0.1, 0.15) is 31.0 Å². The van der Waals surface area contributed by atoms with Crippen molar-refractivity contribution in [3.05, 3.63) is 34.9 Å². The normalized spacial score (nSPS) is 21.5. The lowest BCUT2D eigenvalue weighted by Crippen LogP contribution is -2.48. The van der Waals surface area contributed by atoms with Crippen molar-refractivity contribution in [2.24, 2.45) is 0 Å². The number of rotatable bonds is 5. The van der Waals surface area contributed by atoms with E-state index in [2.05, 4.69) is 17.1 Å². The van der Waals surface area contributed by atoms with Crippen molar-refractivity contribution in [1.82, 2.24) is 10.2 Å². The van der Waals surface area contributed by atoms with Gasteiger partial charge in [0.15, 0.2) is 11.6 Å². The van der Waals surface area contributed by atoms with Gasteiger partial charge in [0.25, 0.3) is 0 Å². The van der Waals surface area contributed by atoms with Crippen LogP contribution < -0.4 is 5.32 Å². The van der Waals surface area contributed by atoms with Crippen LogP contribution in [0.2, 0.25) is 0 Å². The molecule has 1 saturated heterocycles. The minimum Gasteiger partial charge on any atom is -0.374 e. The van der Waals surface area contributed by atoms with Crippen LogP contribution in [0.25, 0.3) is 0 Å². The monoisotopic (exact) mass is 298 g/mol. The molecule has 0 amide bonds. The number of aryl methyl sites for hydroxylation is 1. The summed E-state index contributed by atoms with van der Waals surface area (Å²) in [6.07, 6.45) is -0.171. The van der Waals surface area contributed by atoms with Crippen LogP contribution in [-0.4, -0.2) is 43.8 Å². The lowest BCUT2D eigenvalue weighted by Gasteiger charge is -2.37. The molecule has 21 heavy (non-hydrogen) atoms. The number of morpholine rings is 1. The molecule has 2 atom stereocenters. The zero-order valence-electron chi connectivity index (χ0n) is 13.0. The predicted octanol–water partition coefficient (Wildman–Crippen LogP) is 2.64. The molecular formula is C16H24F2N2O. The van der Waals surface area contributed by atoms with E-state index in [1.807, 2.05) is 6.92 Å². The lowest BCUT2D eigenvalue weighted by atomic mass is 9.97. The van der Waals surface area contributed by atoms with Gasteiger partial charge in [-0.2, -0.15) is 0 Å². The van der Waals surface area contributed by atoms with Gasteiger partial charge in [-0.1, -0.05) is 26.0 Å². The third kappa shape index (κ3) is 3.59. The van der Waals surface area contributed by atoms with Crippen LogP contribution >= 0.6 is 0 Å². The van der Waals surface area contributed by atoms with E-state index in [9.17, 15) is 8.78 Å². The van der Waals surface area contributed by atoms with E-state index >= 15 is 0 Å². The Morgan fingerprint density at radius 3 is 2.76 bits per heavy atom. The van der Waals surface area contributed by atoms with Gasteiger partial charge in [-0.25, -0.2) is 8.78 Å². The van der Waals surface area contributed by atoms with E-state index < -0.39 is 11.6 Å². The minimum atomic E-state index is -0.766. The van der Waals surface area contributed by atoms with Crippen molar-refractivity contribution in [3.63, 3.8) is 0 Å². The second kappa shape index (κ2) is 7.29. The molecule has 0 spiro atoms. The Bertz CT molecular complexity index is 482. The Morgan fingerprint density at radius 1 is 1.33 bits per heavy atom. The summed E-state index contributed by atoms with van der Waals surface area (Å²) >= 11 is 0. The quantitative estimate of drug-likeness (QED) is 0.904. The van der Waals surface area contributed by atoms with Gasteiger partial charge in [-0.05, 0) is 25.6 Å². The molecule has 118 valence electrons. The van der Waals surface area contributed by atoms with Crippen LogP contribution in [0.15, 0.2) is 12.1 Å². The first kappa shape index (κ1) is 16.3. The van der Waals surface area contributed by atoms with Gasteiger partial charge in [0, 0.05) is 18.7 Å². The molecule has 0 radical (unpaired) electrons. The summed E-state index contributed by atoms with van der Waals surface area (Å²) in [5.41, 5.74) is 0.675. The predicted molar refractivity (Wildman–Crippen MR) is 79.4 cm³/mol. The van der Waals surface area contributed by atoms with E-state index in [1.165, 1.54) is 0 Å². The number of halogens is 2. The van der Waals surface area contributed by atoms with E-state index in [1.54, 1.807) is 19.1 Å². The van der Waals surface area contributed by atoms with Gasteiger partial charge in [0.2, 0.25) is 0 Å². The Morgan fingerprint density at radius 2 is 2.10 bits per heavy atom. The Kier molecular flexibility index (Phi) is 5.67. The molecule has 1 aliphatic rings. The van der Waals surface area contributed by atoms with Crippen molar-refractivity contribution < 1.29 is 13.5 Å². The summed E-state index contributed by atoms with van der Waals surface area (Å²) in [5, 5.41) is 3.24. The number of nitrogens with zero attached hydrogens (tertiary/aromatic N) is 1. The van der Waals surface area contributed by atoms with Gasteiger partial charge in [-0.3, -0.25) is 4.90 Å². The number of nitrogens with one attached hydrogen (secondary N) is 1. The average molecular weight is 298 g/mol. The molecule has 1 aromatic rings. The molecule has 1 heterocycles. The van der Waals surface area contributed by atoms with Crippen LogP contribution in [0.3, 0.4) is 0 Å². The summed E-state index contributed by atoms with van der Waals surface area (Å²) in [6.45, 7) is 9.46. The smallest absolute Gasteiger partial charge is 0.163 e. The highest BCUT2D eigenvalue weighted by molar-refractivity contribution is 5.29. The van der Waals surface area contributed by atoms with Crippen LogP contribution in [0.5, 0.6) is 0 Å². The molecule has 0 bridgehead atoms. The van der Waals surface area contributed by atoms with Crippen molar-refractivity contribution in [2.45, 2.75) is 32.9 Å². The van der Waals surface area contributed by atoms with Gasteiger partial charge >= 0.3 is 0 Å². The first-order valence-corrected chi connectivity index (χ1v) is 7.60. The second-order valence-electron chi connectivity index (χ2n) is 5.44. The van der Waals surface area contributed by atoms with Crippen LogP contribution in [-0.2, 0) is 4.74 Å². The van der Waals surface area contributed by atoms with E-state index in [0.717, 1.165) is 19.6 Å². The first-order valence-electron chi connectivity index (χ1n) is 7.60. The molecule has 1 fully saturated rings. The standard InChI is InChI=1S/C16H24F2N2O/c1-4-19-16(13-10-20(5-2)8-9-21-13)12-7-6-11(3)14(17)15(12)18/h6-7,13,16,19H,4-5,8-10H2,1-3H3. The Hall–Kier alpha value is -1.04. The van der Waals surface area contributed by atoms with Gasteiger partial charge in [-0.15, -0.1) is 0 Å². The van der Waals surface area contributed by atoms with Crippen LogP contribution in [0, 0.1) is 18.6 Å². The molecule has 0 saturated carbocycles. The summed E-state index contributed by atoms with van der Waals surface area (Å²) < 4.78 is 33.9. The fraction of sp³-hybridized carbons (Fsp3) is 0.625. The maximum Gasteiger partial charge on any atom is 0.163 e. The van der Waals surface area contributed by atoms with Gasteiger partial charge in [0.05, 0.1) is 18.8 Å². The third-order valence-corrected chi connectivity index (χ3v) is 4.06. The molecule has 1 aliphatic heterocycles. The summed E-state index contributed by atoms with van der Waals surface area (Å²) in [7, 11) is 0. The highest BCUT2D eigenvalue weighted by Crippen LogP contribution is 2.27. The van der Waals surface area contributed by atoms with E-state index in [0.29, 0.717) is 24.3 Å². The Balaban J connectivity index is 2.28. The van der Waals surface area contributed by atoms with Crippen LogP contribution in [0.4, 0.5) is 8.78 Å². The van der Waals surface area contributed by atoms with Gasteiger partial charge < -0.3 is 10.1 Å². The molecule has 3 nitrogen and oxygen atoms in total. The maximum atomic E-state index is 14.3. The third-order valence-electron chi connectivity index (χ3n) is 4.06. The topological polar surface area (TPSA) is 24.5 Å². The largest absolute Gasteiger partial charge is 0.374 e. The second-order valence-corrected chi connectivity index (χ2v) is 5.44. The van der Waals surface area contributed by atoms with E-state index in [-0.39, 0.29) is 12.1 Å². The molecule has 0 aliphatic carbocycles. The highest BCUT2D eigenvalue weighted by Gasteiger charge is 2.31. The molecular weight excluding hydrogens is 274 g/mol. The summed E-state index contributed by atoms with van der Waals surface area (Å²) in [5.74, 6) is -1.53. The first-order chi connectivity index (χ1) is 10.1. The number of hydrogen-bond acceptors (Lipinski definition) is 3. The van der Waals surface area contributed by atoms with E-state index in [4.69, 9.17) is 4.74 Å².